The standard InChI is InChI=1S/C12H12FN5O2/c1-2-12(5-19)4-3-7(20-12)18-6-15-8-9(14)16-11(13)17-10(8)18/h1,6-7,19H,3-5H2,(H2,14,16,17)/t7-,12+/m1/s1. The molecule has 0 unspecified atom stereocenters. The smallest absolute Gasteiger partial charge is 0.312 e. The van der Waals surface area contributed by atoms with E-state index in [1.165, 1.54) is 6.33 Å². The maximum absolute atomic E-state index is 13.3. The Morgan fingerprint density at radius 2 is 2.45 bits per heavy atom. The van der Waals surface area contributed by atoms with Gasteiger partial charge in [0.1, 0.15) is 6.23 Å². The summed E-state index contributed by atoms with van der Waals surface area (Å²) in [4.78, 5) is 11.2. The van der Waals surface area contributed by atoms with Crippen LogP contribution in [0.3, 0.4) is 0 Å². The predicted octanol–water partition coefficient (Wildman–Crippen LogP) is 0.221. The second kappa shape index (κ2) is 4.40. The lowest BCUT2D eigenvalue weighted by molar-refractivity contribution is -0.0618. The number of rotatable bonds is 2. The number of hydrogen-bond acceptors (Lipinski definition) is 6. The van der Waals surface area contributed by atoms with Crippen molar-refractivity contribution in [3.05, 3.63) is 12.4 Å². The largest absolute Gasteiger partial charge is 0.392 e. The second-order valence-corrected chi connectivity index (χ2v) is 4.61. The van der Waals surface area contributed by atoms with E-state index in [1.54, 1.807) is 4.57 Å². The number of terminal acetylenes is 1. The van der Waals surface area contributed by atoms with Crippen molar-refractivity contribution in [1.82, 2.24) is 19.5 Å². The summed E-state index contributed by atoms with van der Waals surface area (Å²) >= 11 is 0. The lowest BCUT2D eigenvalue weighted by Gasteiger charge is -2.21. The molecule has 8 heteroatoms. The molecule has 0 saturated carbocycles. The molecular weight excluding hydrogens is 265 g/mol. The Morgan fingerprint density at radius 3 is 3.10 bits per heavy atom. The number of hydrogen-bond donors (Lipinski definition) is 2. The summed E-state index contributed by atoms with van der Waals surface area (Å²) in [5.41, 5.74) is 5.12. The van der Waals surface area contributed by atoms with E-state index in [4.69, 9.17) is 16.9 Å². The Bertz CT molecular complexity index is 710. The van der Waals surface area contributed by atoms with Crippen molar-refractivity contribution in [3.8, 4) is 12.3 Å². The van der Waals surface area contributed by atoms with Gasteiger partial charge in [-0.1, -0.05) is 5.92 Å². The van der Waals surface area contributed by atoms with Crippen molar-refractivity contribution in [1.29, 1.82) is 0 Å². The predicted molar refractivity (Wildman–Crippen MR) is 67.7 cm³/mol. The normalized spacial score (nSPS) is 25.9. The van der Waals surface area contributed by atoms with Gasteiger partial charge >= 0.3 is 6.08 Å². The Kier molecular flexibility index (Phi) is 2.81. The lowest BCUT2D eigenvalue weighted by atomic mass is 10.0. The van der Waals surface area contributed by atoms with E-state index in [0.717, 1.165) is 0 Å². The average Bonchev–Trinajstić information content (AvgIpc) is 3.02. The fourth-order valence-electron chi connectivity index (χ4n) is 2.32. The monoisotopic (exact) mass is 277 g/mol. The van der Waals surface area contributed by atoms with Crippen molar-refractivity contribution < 1.29 is 14.2 Å². The number of anilines is 1. The van der Waals surface area contributed by atoms with Gasteiger partial charge in [0, 0.05) is 0 Å². The maximum Gasteiger partial charge on any atom is 0.312 e. The van der Waals surface area contributed by atoms with Crippen LogP contribution < -0.4 is 5.73 Å². The highest BCUT2D eigenvalue weighted by molar-refractivity contribution is 5.81. The molecule has 104 valence electrons. The number of nitrogens with two attached hydrogens (primary N) is 1. The highest BCUT2D eigenvalue weighted by Crippen LogP contribution is 2.37. The molecule has 0 bridgehead atoms. The van der Waals surface area contributed by atoms with Gasteiger partial charge < -0.3 is 15.6 Å². The minimum atomic E-state index is -1.02. The molecule has 1 saturated heterocycles. The van der Waals surface area contributed by atoms with Crippen molar-refractivity contribution in [2.45, 2.75) is 24.7 Å². The summed E-state index contributed by atoms with van der Waals surface area (Å²) in [6, 6.07) is 0. The third-order valence-electron chi connectivity index (χ3n) is 3.41. The molecule has 0 radical (unpaired) electrons. The Balaban J connectivity index is 2.03. The van der Waals surface area contributed by atoms with Gasteiger partial charge in [-0.05, 0) is 12.8 Å². The SMILES string of the molecule is C#C[C@@]1(CO)CC[C@H](n2cnc3c(N)nc(F)nc32)O1. The fourth-order valence-corrected chi connectivity index (χ4v) is 2.32. The Hall–Kier alpha value is -2.24. The van der Waals surface area contributed by atoms with Crippen LogP contribution >= 0.6 is 0 Å². The van der Waals surface area contributed by atoms with E-state index >= 15 is 0 Å². The van der Waals surface area contributed by atoms with Crippen LogP contribution in [-0.2, 0) is 4.74 Å². The number of ether oxygens (including phenoxy) is 1. The van der Waals surface area contributed by atoms with E-state index in [9.17, 15) is 9.50 Å². The molecule has 0 aliphatic carbocycles. The van der Waals surface area contributed by atoms with Gasteiger partial charge in [-0.15, -0.1) is 6.42 Å². The van der Waals surface area contributed by atoms with Crippen LogP contribution in [0.4, 0.5) is 10.2 Å². The van der Waals surface area contributed by atoms with Crippen molar-refractivity contribution in [3.63, 3.8) is 0 Å². The van der Waals surface area contributed by atoms with E-state index < -0.39 is 17.9 Å². The van der Waals surface area contributed by atoms with Crippen LogP contribution in [0, 0.1) is 18.4 Å². The van der Waals surface area contributed by atoms with Gasteiger partial charge in [-0.25, -0.2) is 4.98 Å². The van der Waals surface area contributed by atoms with Crippen molar-refractivity contribution in [2.24, 2.45) is 0 Å². The number of aliphatic hydroxyl groups is 1. The summed E-state index contributed by atoms with van der Waals surface area (Å²) in [6.45, 7) is -0.280. The average molecular weight is 277 g/mol. The number of aliphatic hydroxyl groups excluding tert-OH is 1. The van der Waals surface area contributed by atoms with Crippen LogP contribution in [0.1, 0.15) is 19.1 Å². The number of imidazole rings is 1. The zero-order chi connectivity index (χ0) is 14.3. The summed E-state index contributed by atoms with van der Waals surface area (Å²) < 4.78 is 20.5. The highest BCUT2D eigenvalue weighted by atomic mass is 19.1. The number of fused-ring (bicyclic) bond motifs is 1. The first-order valence-electron chi connectivity index (χ1n) is 6.00. The third kappa shape index (κ3) is 1.79. The van der Waals surface area contributed by atoms with Crippen molar-refractivity contribution in [2.75, 3.05) is 12.3 Å². The molecular formula is C12H12FN5O2. The van der Waals surface area contributed by atoms with Crippen LogP contribution in [0.25, 0.3) is 11.2 Å². The molecule has 20 heavy (non-hydrogen) atoms. The first-order chi connectivity index (χ1) is 9.58. The van der Waals surface area contributed by atoms with E-state index in [1.807, 2.05) is 0 Å². The van der Waals surface area contributed by atoms with Crippen LogP contribution in [0.5, 0.6) is 0 Å². The zero-order valence-corrected chi connectivity index (χ0v) is 10.5. The van der Waals surface area contributed by atoms with E-state index in [2.05, 4.69) is 20.9 Å². The van der Waals surface area contributed by atoms with Crippen LogP contribution in [0.15, 0.2) is 6.33 Å². The van der Waals surface area contributed by atoms with Crippen LogP contribution in [-0.4, -0.2) is 36.8 Å². The van der Waals surface area contributed by atoms with Crippen molar-refractivity contribution >= 4 is 17.0 Å². The molecule has 3 N–H and O–H groups in total. The molecule has 7 nitrogen and oxygen atoms in total. The molecule has 3 rings (SSSR count). The topological polar surface area (TPSA) is 99.1 Å². The Morgan fingerprint density at radius 1 is 1.65 bits per heavy atom. The minimum Gasteiger partial charge on any atom is -0.392 e. The molecule has 2 aromatic heterocycles. The molecule has 3 heterocycles. The Labute approximate surface area is 113 Å². The summed E-state index contributed by atoms with van der Waals surface area (Å²) in [5, 5.41) is 9.34. The number of nitrogens with zero attached hydrogens (tertiary/aromatic N) is 4. The number of nitrogen functional groups attached to an aromatic ring is 1. The van der Waals surface area contributed by atoms with Gasteiger partial charge in [0.25, 0.3) is 0 Å². The molecule has 1 aliphatic rings. The van der Waals surface area contributed by atoms with Gasteiger partial charge in [-0.2, -0.15) is 14.4 Å². The first-order valence-corrected chi connectivity index (χ1v) is 6.00. The summed E-state index contributed by atoms with van der Waals surface area (Å²) in [7, 11) is 0. The van der Waals surface area contributed by atoms with Gasteiger partial charge in [0.15, 0.2) is 22.6 Å². The van der Waals surface area contributed by atoms with Crippen LogP contribution in [0.2, 0.25) is 0 Å². The molecule has 2 atom stereocenters. The molecule has 0 spiro atoms. The second-order valence-electron chi connectivity index (χ2n) is 4.61. The molecule has 0 amide bonds. The first kappa shape index (κ1) is 12.8. The highest BCUT2D eigenvalue weighted by Gasteiger charge is 2.39. The minimum absolute atomic E-state index is 0.0328. The number of halogens is 1. The lowest BCUT2D eigenvalue weighted by Crippen LogP contribution is -2.31. The van der Waals surface area contributed by atoms with Gasteiger partial charge in [-0.3, -0.25) is 4.57 Å². The molecule has 2 aromatic rings. The number of aromatic nitrogens is 4. The summed E-state index contributed by atoms with van der Waals surface area (Å²) in [6.07, 6.45) is 6.48. The van der Waals surface area contributed by atoms with E-state index in [0.29, 0.717) is 18.4 Å². The fraction of sp³-hybridized carbons (Fsp3) is 0.417. The zero-order valence-electron chi connectivity index (χ0n) is 10.5. The van der Waals surface area contributed by atoms with E-state index in [-0.39, 0.29) is 18.1 Å². The molecule has 1 aliphatic heterocycles. The molecule has 0 aromatic carbocycles. The molecule has 1 fully saturated rings. The van der Waals surface area contributed by atoms with Gasteiger partial charge in [0.2, 0.25) is 0 Å². The van der Waals surface area contributed by atoms with Gasteiger partial charge in [0.05, 0.1) is 12.9 Å². The maximum atomic E-state index is 13.3. The quantitative estimate of drug-likeness (QED) is 0.602. The third-order valence-corrected chi connectivity index (χ3v) is 3.41. The summed E-state index contributed by atoms with van der Waals surface area (Å²) in [5.74, 6) is 2.42.